The van der Waals surface area contributed by atoms with Crippen LogP contribution in [0.1, 0.15) is 17.5 Å². The number of hydrogen-bond acceptors (Lipinski definition) is 4. The van der Waals surface area contributed by atoms with Crippen LogP contribution in [0.3, 0.4) is 0 Å². The number of benzene rings is 1. The van der Waals surface area contributed by atoms with Crippen LogP contribution >= 0.6 is 0 Å². The van der Waals surface area contributed by atoms with Crippen molar-refractivity contribution in [3.63, 3.8) is 0 Å². The molecule has 1 aromatic carbocycles. The number of amides is 2. The number of allylic oxidation sites excluding steroid dienone is 1. The predicted molar refractivity (Wildman–Crippen MR) is 76.0 cm³/mol. The maximum atomic E-state index is 11.6. The molecule has 0 saturated heterocycles. The molecule has 0 atom stereocenters. The van der Waals surface area contributed by atoms with Crippen molar-refractivity contribution in [1.82, 2.24) is 5.32 Å². The topological polar surface area (TPSA) is 72.5 Å². The van der Waals surface area contributed by atoms with Crippen molar-refractivity contribution in [2.75, 3.05) is 0 Å². The lowest BCUT2D eigenvalue weighted by Crippen LogP contribution is -2.23. The fraction of sp³-hybridized carbons (Fsp3) is 0.188. The van der Waals surface area contributed by atoms with Crippen LogP contribution in [0.25, 0.3) is 0 Å². The molecular weight excluding hydrogens is 270 g/mol. The quantitative estimate of drug-likeness (QED) is 0.487. The summed E-state index contributed by atoms with van der Waals surface area (Å²) < 4.78 is 5.08. The highest BCUT2D eigenvalue weighted by Gasteiger charge is 2.23. The van der Waals surface area contributed by atoms with E-state index in [1.54, 1.807) is 0 Å². The van der Waals surface area contributed by atoms with Gasteiger partial charge in [-0.1, -0.05) is 30.3 Å². The molecule has 21 heavy (non-hydrogen) atoms. The molecule has 5 heteroatoms. The van der Waals surface area contributed by atoms with Crippen LogP contribution in [0.4, 0.5) is 0 Å². The second-order valence-electron chi connectivity index (χ2n) is 4.63. The molecule has 1 N–H and O–H groups in total. The predicted octanol–water partition coefficient (Wildman–Crippen LogP) is 1.43. The summed E-state index contributed by atoms with van der Waals surface area (Å²) in [6, 6.07) is 7.63. The lowest BCUT2D eigenvalue weighted by molar-refractivity contribution is -0.144. The summed E-state index contributed by atoms with van der Waals surface area (Å²) in [5.41, 5.74) is 2.12. The van der Waals surface area contributed by atoms with Gasteiger partial charge in [-0.3, -0.25) is 19.7 Å². The lowest BCUT2D eigenvalue weighted by atomic mass is 10.1. The number of rotatable bonds is 6. The monoisotopic (exact) mass is 285 g/mol. The van der Waals surface area contributed by atoms with Gasteiger partial charge in [0.05, 0.1) is 6.42 Å². The SMILES string of the molecule is C=CCc1ccc(COC(=O)CC2=CC(=O)NC2=O)cc1. The summed E-state index contributed by atoms with van der Waals surface area (Å²) >= 11 is 0. The molecule has 2 amide bonds. The second kappa shape index (κ2) is 6.65. The number of ether oxygens (including phenoxy) is 1. The first-order valence-electron chi connectivity index (χ1n) is 6.48. The standard InChI is InChI=1S/C16H15NO4/c1-2-3-11-4-6-12(7-5-11)10-21-15(19)9-13-8-14(18)17-16(13)20/h2,4-8H,1,3,9-10H2,(H,17,18,20). The van der Waals surface area contributed by atoms with E-state index in [1.165, 1.54) is 0 Å². The zero-order valence-electron chi connectivity index (χ0n) is 11.4. The Morgan fingerprint density at radius 2 is 1.86 bits per heavy atom. The Labute approximate surface area is 122 Å². The van der Waals surface area contributed by atoms with Crippen molar-refractivity contribution in [3.8, 4) is 0 Å². The molecule has 0 fully saturated rings. The first kappa shape index (κ1) is 14.7. The molecule has 0 bridgehead atoms. The van der Waals surface area contributed by atoms with E-state index in [1.807, 2.05) is 30.3 Å². The van der Waals surface area contributed by atoms with Gasteiger partial charge in [0.15, 0.2) is 0 Å². The highest BCUT2D eigenvalue weighted by atomic mass is 16.5. The Morgan fingerprint density at radius 1 is 1.19 bits per heavy atom. The smallest absolute Gasteiger partial charge is 0.310 e. The number of carbonyl (C=O) groups excluding carboxylic acids is 3. The summed E-state index contributed by atoms with van der Waals surface area (Å²) in [5.74, 6) is -1.58. The maximum absolute atomic E-state index is 11.6. The molecular formula is C16H15NO4. The molecule has 0 spiro atoms. The average molecular weight is 285 g/mol. The van der Waals surface area contributed by atoms with E-state index in [0.717, 1.165) is 23.6 Å². The van der Waals surface area contributed by atoms with E-state index in [2.05, 4.69) is 11.9 Å². The Morgan fingerprint density at radius 3 is 2.43 bits per heavy atom. The first-order valence-corrected chi connectivity index (χ1v) is 6.48. The zero-order valence-corrected chi connectivity index (χ0v) is 11.4. The Balaban J connectivity index is 1.84. The largest absolute Gasteiger partial charge is 0.461 e. The van der Waals surface area contributed by atoms with E-state index in [9.17, 15) is 14.4 Å². The molecule has 0 unspecified atom stereocenters. The molecule has 108 valence electrons. The van der Waals surface area contributed by atoms with Crippen molar-refractivity contribution >= 4 is 17.8 Å². The third-order valence-electron chi connectivity index (χ3n) is 2.97. The summed E-state index contributed by atoms with van der Waals surface area (Å²) in [6.45, 7) is 3.80. The molecule has 0 radical (unpaired) electrons. The minimum Gasteiger partial charge on any atom is -0.461 e. The van der Waals surface area contributed by atoms with Crippen molar-refractivity contribution in [2.45, 2.75) is 19.4 Å². The normalized spacial score (nSPS) is 13.6. The van der Waals surface area contributed by atoms with Crippen LogP contribution in [0, 0.1) is 0 Å². The van der Waals surface area contributed by atoms with Crippen LogP contribution in [0.5, 0.6) is 0 Å². The van der Waals surface area contributed by atoms with E-state index in [0.29, 0.717) is 0 Å². The van der Waals surface area contributed by atoms with Crippen LogP contribution in [-0.2, 0) is 32.1 Å². The van der Waals surface area contributed by atoms with Gasteiger partial charge < -0.3 is 4.74 Å². The Hall–Kier alpha value is -2.69. The molecule has 2 rings (SSSR count). The summed E-state index contributed by atoms with van der Waals surface area (Å²) in [6.07, 6.45) is 3.52. The fourth-order valence-electron chi connectivity index (χ4n) is 1.89. The third kappa shape index (κ3) is 4.14. The lowest BCUT2D eigenvalue weighted by Gasteiger charge is -2.05. The molecule has 0 aliphatic carbocycles. The average Bonchev–Trinajstić information content (AvgIpc) is 2.76. The van der Waals surface area contributed by atoms with Crippen molar-refractivity contribution < 1.29 is 19.1 Å². The molecule has 1 aliphatic heterocycles. The van der Waals surface area contributed by atoms with Crippen molar-refractivity contribution in [1.29, 1.82) is 0 Å². The van der Waals surface area contributed by atoms with E-state index in [-0.39, 0.29) is 18.6 Å². The number of esters is 1. The molecule has 0 aromatic heterocycles. The molecule has 0 saturated carbocycles. The van der Waals surface area contributed by atoms with Gasteiger partial charge in [-0.2, -0.15) is 0 Å². The number of imide groups is 1. The molecule has 1 aliphatic rings. The third-order valence-corrected chi connectivity index (χ3v) is 2.97. The van der Waals surface area contributed by atoms with Gasteiger partial charge in [0.1, 0.15) is 6.61 Å². The van der Waals surface area contributed by atoms with Crippen LogP contribution in [-0.4, -0.2) is 17.8 Å². The van der Waals surface area contributed by atoms with E-state index < -0.39 is 17.8 Å². The highest BCUT2D eigenvalue weighted by Crippen LogP contribution is 2.11. The zero-order chi connectivity index (χ0) is 15.2. The summed E-state index contributed by atoms with van der Waals surface area (Å²) in [4.78, 5) is 33.8. The van der Waals surface area contributed by atoms with Crippen LogP contribution < -0.4 is 5.32 Å². The molecule has 1 heterocycles. The number of nitrogens with one attached hydrogen (secondary N) is 1. The highest BCUT2D eigenvalue weighted by molar-refractivity contribution is 6.17. The van der Waals surface area contributed by atoms with Gasteiger partial charge in [0.25, 0.3) is 11.8 Å². The first-order chi connectivity index (χ1) is 10.1. The van der Waals surface area contributed by atoms with Crippen molar-refractivity contribution in [2.24, 2.45) is 0 Å². The second-order valence-corrected chi connectivity index (χ2v) is 4.63. The van der Waals surface area contributed by atoms with E-state index in [4.69, 9.17) is 4.74 Å². The minimum atomic E-state index is -0.540. The van der Waals surface area contributed by atoms with E-state index >= 15 is 0 Å². The van der Waals surface area contributed by atoms with Gasteiger partial charge in [-0.15, -0.1) is 6.58 Å². The van der Waals surface area contributed by atoms with Gasteiger partial charge in [-0.25, -0.2) is 0 Å². The molecule has 5 nitrogen and oxygen atoms in total. The van der Waals surface area contributed by atoms with Gasteiger partial charge in [-0.05, 0) is 17.5 Å². The maximum Gasteiger partial charge on any atom is 0.310 e. The van der Waals surface area contributed by atoms with Gasteiger partial charge in [0.2, 0.25) is 0 Å². The van der Waals surface area contributed by atoms with Crippen molar-refractivity contribution in [3.05, 3.63) is 59.7 Å². The van der Waals surface area contributed by atoms with Gasteiger partial charge in [0, 0.05) is 11.6 Å². The minimum absolute atomic E-state index is 0.131. The fourth-order valence-corrected chi connectivity index (χ4v) is 1.89. The van der Waals surface area contributed by atoms with Crippen LogP contribution in [0.2, 0.25) is 0 Å². The number of hydrogen-bond donors (Lipinski definition) is 1. The number of carbonyl (C=O) groups is 3. The van der Waals surface area contributed by atoms with Crippen LogP contribution in [0.15, 0.2) is 48.6 Å². The van der Waals surface area contributed by atoms with Gasteiger partial charge >= 0.3 is 5.97 Å². The summed E-state index contributed by atoms with van der Waals surface area (Å²) in [7, 11) is 0. The Bertz CT molecular complexity index is 614. The summed E-state index contributed by atoms with van der Waals surface area (Å²) in [5, 5.41) is 2.08. The Kier molecular flexibility index (Phi) is 4.66. The molecule has 1 aromatic rings.